The maximum atomic E-state index is 12.8. The highest BCUT2D eigenvalue weighted by Gasteiger charge is 2.13. The Hall–Kier alpha value is -2.64. The molecule has 0 radical (unpaired) electrons. The van der Waals surface area contributed by atoms with Crippen molar-refractivity contribution in [3.8, 4) is 5.69 Å². The lowest BCUT2D eigenvalue weighted by Crippen LogP contribution is -2.31. The van der Waals surface area contributed by atoms with Gasteiger partial charge in [-0.2, -0.15) is 16.9 Å². The Balaban J connectivity index is 1.44. The largest absolute Gasteiger partial charge is 0.322 e. The van der Waals surface area contributed by atoms with Crippen molar-refractivity contribution in [1.29, 1.82) is 0 Å². The predicted octanol–water partition coefficient (Wildman–Crippen LogP) is 3.69. The third-order valence-electron chi connectivity index (χ3n) is 5.17. The minimum absolute atomic E-state index is 0.109. The molecule has 1 N–H and O–H groups in total. The van der Waals surface area contributed by atoms with E-state index in [0.29, 0.717) is 5.56 Å². The molecule has 1 aliphatic heterocycles. The van der Waals surface area contributed by atoms with Crippen molar-refractivity contribution in [2.24, 2.45) is 0 Å². The summed E-state index contributed by atoms with van der Waals surface area (Å²) in [5, 5.41) is 7.20. The summed E-state index contributed by atoms with van der Waals surface area (Å²) in [6.07, 6.45) is 3.15. The molecule has 2 aromatic carbocycles. The summed E-state index contributed by atoms with van der Waals surface area (Å²) in [7, 11) is 0. The van der Waals surface area contributed by atoms with Crippen molar-refractivity contribution in [3.05, 3.63) is 71.3 Å². The predicted molar refractivity (Wildman–Crippen MR) is 118 cm³/mol. The van der Waals surface area contributed by atoms with Gasteiger partial charge in [0.2, 0.25) is 0 Å². The zero-order valence-electron chi connectivity index (χ0n) is 16.8. The van der Waals surface area contributed by atoms with Crippen molar-refractivity contribution in [2.45, 2.75) is 20.4 Å². The number of anilines is 1. The fourth-order valence-corrected chi connectivity index (χ4v) is 4.54. The summed E-state index contributed by atoms with van der Waals surface area (Å²) in [5.41, 5.74) is 5.73. The first-order valence-electron chi connectivity index (χ1n) is 9.77. The van der Waals surface area contributed by atoms with Crippen LogP contribution in [0.5, 0.6) is 0 Å². The number of thioether (sulfide) groups is 1. The molecule has 1 aromatic heterocycles. The molecule has 29 heavy (non-hydrogen) atoms. The fourth-order valence-electron chi connectivity index (χ4n) is 3.56. The number of carbonyl (C=O) groups excluding carboxylic acids is 1. The van der Waals surface area contributed by atoms with Crippen LogP contribution in [0.25, 0.3) is 5.69 Å². The molecule has 3 aromatic rings. The number of benzene rings is 2. The van der Waals surface area contributed by atoms with E-state index >= 15 is 0 Å². The van der Waals surface area contributed by atoms with Crippen molar-refractivity contribution >= 4 is 23.4 Å². The van der Waals surface area contributed by atoms with E-state index in [-0.39, 0.29) is 5.91 Å². The molecule has 2 heterocycles. The van der Waals surface area contributed by atoms with Crippen LogP contribution in [0.3, 0.4) is 0 Å². The maximum absolute atomic E-state index is 12.8. The summed E-state index contributed by atoms with van der Waals surface area (Å²) in [6, 6.07) is 11.9. The van der Waals surface area contributed by atoms with Gasteiger partial charge in [-0.25, -0.2) is 9.67 Å². The lowest BCUT2D eigenvalue weighted by Gasteiger charge is -2.26. The summed E-state index contributed by atoms with van der Waals surface area (Å²) in [4.78, 5) is 19.2. The monoisotopic (exact) mass is 407 g/mol. The Labute approximate surface area is 175 Å². The van der Waals surface area contributed by atoms with E-state index in [4.69, 9.17) is 0 Å². The third-order valence-corrected chi connectivity index (χ3v) is 6.12. The molecule has 0 aliphatic carbocycles. The molecule has 4 rings (SSSR count). The molecule has 0 atom stereocenters. The molecule has 1 fully saturated rings. The SMILES string of the molecule is Cc1cc(CN2CCSCC2)ccc1NC(=O)c1ccc(-n2cncn2)c(C)c1. The highest BCUT2D eigenvalue weighted by atomic mass is 32.2. The van der Waals surface area contributed by atoms with Gasteiger partial charge in [0.25, 0.3) is 5.91 Å². The smallest absolute Gasteiger partial charge is 0.255 e. The number of carbonyl (C=O) groups is 1. The van der Waals surface area contributed by atoms with Crippen LogP contribution >= 0.6 is 11.8 Å². The number of nitrogens with zero attached hydrogens (tertiary/aromatic N) is 4. The molecule has 1 aliphatic rings. The van der Waals surface area contributed by atoms with Crippen LogP contribution in [-0.4, -0.2) is 50.2 Å². The van der Waals surface area contributed by atoms with E-state index in [1.807, 2.05) is 49.9 Å². The summed E-state index contributed by atoms with van der Waals surface area (Å²) in [5.74, 6) is 2.31. The first kappa shape index (κ1) is 19.7. The topological polar surface area (TPSA) is 63.1 Å². The number of aryl methyl sites for hydroxylation is 2. The van der Waals surface area contributed by atoms with Crippen LogP contribution in [0.2, 0.25) is 0 Å². The number of hydrogen-bond donors (Lipinski definition) is 1. The third kappa shape index (κ3) is 4.68. The minimum atomic E-state index is -0.109. The van der Waals surface area contributed by atoms with Crippen LogP contribution in [0.4, 0.5) is 5.69 Å². The second-order valence-corrected chi connectivity index (χ2v) is 8.56. The molecular formula is C22H25N5OS. The van der Waals surface area contributed by atoms with Gasteiger partial charge in [-0.1, -0.05) is 12.1 Å². The van der Waals surface area contributed by atoms with E-state index in [1.165, 1.54) is 23.4 Å². The van der Waals surface area contributed by atoms with Crippen LogP contribution < -0.4 is 5.32 Å². The number of hydrogen-bond acceptors (Lipinski definition) is 5. The molecule has 6 nitrogen and oxygen atoms in total. The minimum Gasteiger partial charge on any atom is -0.322 e. The summed E-state index contributed by atoms with van der Waals surface area (Å²) in [6.45, 7) is 7.27. The lowest BCUT2D eigenvalue weighted by molar-refractivity contribution is 0.102. The van der Waals surface area contributed by atoms with Gasteiger partial charge in [0, 0.05) is 42.4 Å². The van der Waals surface area contributed by atoms with Gasteiger partial charge >= 0.3 is 0 Å². The average molecular weight is 408 g/mol. The second kappa shape index (κ2) is 8.80. The van der Waals surface area contributed by atoms with Crippen molar-refractivity contribution in [3.63, 3.8) is 0 Å². The first-order valence-corrected chi connectivity index (χ1v) is 10.9. The van der Waals surface area contributed by atoms with Crippen LogP contribution in [0.1, 0.15) is 27.0 Å². The lowest BCUT2D eigenvalue weighted by atomic mass is 10.1. The number of amides is 1. The second-order valence-electron chi connectivity index (χ2n) is 7.33. The van der Waals surface area contributed by atoms with Crippen molar-refractivity contribution < 1.29 is 4.79 Å². The summed E-state index contributed by atoms with van der Waals surface area (Å²) < 4.78 is 1.70. The maximum Gasteiger partial charge on any atom is 0.255 e. The normalized spacial score (nSPS) is 14.7. The highest BCUT2D eigenvalue weighted by molar-refractivity contribution is 7.99. The summed E-state index contributed by atoms with van der Waals surface area (Å²) >= 11 is 2.02. The molecule has 0 unspecified atom stereocenters. The molecule has 0 spiro atoms. The Morgan fingerprint density at radius 2 is 1.93 bits per heavy atom. The zero-order chi connectivity index (χ0) is 20.2. The zero-order valence-corrected chi connectivity index (χ0v) is 17.6. The standard InChI is InChI=1S/C22H25N5OS/c1-16-11-18(13-26-7-9-29-10-8-26)3-5-20(16)25-22(28)19-4-6-21(17(2)12-19)27-15-23-14-24-27/h3-6,11-12,14-15H,7-10,13H2,1-2H3,(H,25,28). The fraction of sp³-hybridized carbons (Fsp3) is 0.318. The molecular weight excluding hydrogens is 382 g/mol. The van der Waals surface area contributed by atoms with Gasteiger partial charge in [-0.05, 0) is 54.8 Å². The van der Waals surface area contributed by atoms with E-state index in [0.717, 1.165) is 42.1 Å². The van der Waals surface area contributed by atoms with Gasteiger partial charge in [0.1, 0.15) is 12.7 Å². The van der Waals surface area contributed by atoms with Gasteiger partial charge < -0.3 is 5.32 Å². The molecule has 0 saturated carbocycles. The van der Waals surface area contributed by atoms with Gasteiger partial charge in [-0.3, -0.25) is 9.69 Å². The average Bonchev–Trinajstić information content (AvgIpc) is 3.25. The first-order chi connectivity index (χ1) is 14.1. The van der Waals surface area contributed by atoms with Crippen LogP contribution in [-0.2, 0) is 6.54 Å². The highest BCUT2D eigenvalue weighted by Crippen LogP contribution is 2.21. The van der Waals surface area contributed by atoms with E-state index in [9.17, 15) is 4.79 Å². The Morgan fingerprint density at radius 3 is 2.62 bits per heavy atom. The number of nitrogens with one attached hydrogen (secondary N) is 1. The molecule has 150 valence electrons. The molecule has 0 bridgehead atoms. The van der Waals surface area contributed by atoms with E-state index < -0.39 is 0 Å². The van der Waals surface area contributed by atoms with Crippen molar-refractivity contribution in [1.82, 2.24) is 19.7 Å². The quantitative estimate of drug-likeness (QED) is 0.699. The van der Waals surface area contributed by atoms with E-state index in [2.05, 4.69) is 32.4 Å². The number of aromatic nitrogens is 3. The van der Waals surface area contributed by atoms with Gasteiger partial charge in [-0.15, -0.1) is 0 Å². The van der Waals surface area contributed by atoms with Crippen LogP contribution in [0, 0.1) is 13.8 Å². The van der Waals surface area contributed by atoms with Crippen molar-refractivity contribution in [2.75, 3.05) is 29.9 Å². The Bertz CT molecular complexity index is 996. The molecule has 1 saturated heterocycles. The Morgan fingerprint density at radius 1 is 1.10 bits per heavy atom. The molecule has 1 amide bonds. The number of rotatable bonds is 5. The van der Waals surface area contributed by atoms with Gasteiger partial charge in [0.05, 0.1) is 5.69 Å². The molecule has 7 heteroatoms. The van der Waals surface area contributed by atoms with Crippen LogP contribution in [0.15, 0.2) is 49.1 Å². The Kier molecular flexibility index (Phi) is 5.97. The van der Waals surface area contributed by atoms with E-state index in [1.54, 1.807) is 11.0 Å². The van der Waals surface area contributed by atoms with Gasteiger partial charge in [0.15, 0.2) is 0 Å².